The molecule has 14 nitrogen and oxygen atoms in total. The molecule has 7 N–H and O–H groups in total. The van der Waals surface area contributed by atoms with Gasteiger partial charge in [0.1, 0.15) is 54.9 Å². The van der Waals surface area contributed by atoms with Crippen molar-refractivity contribution in [2.24, 2.45) is 0 Å². The van der Waals surface area contributed by atoms with E-state index in [0.29, 0.717) is 13.0 Å². The third kappa shape index (κ3) is 25.6. The van der Waals surface area contributed by atoms with Crippen molar-refractivity contribution in [2.75, 3.05) is 33.0 Å². The van der Waals surface area contributed by atoms with Gasteiger partial charge in [0.2, 0.25) is 0 Å². The number of aliphatic hydroxyl groups excluding tert-OH is 7. The molecule has 11 atom stereocenters. The number of unbranched alkanes of at least 4 members (excludes halogenated alkanes) is 13. The summed E-state index contributed by atoms with van der Waals surface area (Å²) < 4.78 is 34.2. The minimum atomic E-state index is -1.71. The Morgan fingerprint density at radius 2 is 1.02 bits per heavy atom. The number of rotatable bonds is 37. The lowest BCUT2D eigenvalue weighted by Gasteiger charge is -2.42. The first-order valence-electron chi connectivity index (χ1n) is 24.4. The number of aliphatic hydroxyl groups is 7. The molecule has 0 spiro atoms. The van der Waals surface area contributed by atoms with Crippen molar-refractivity contribution in [3.8, 4) is 0 Å². The van der Waals surface area contributed by atoms with E-state index in [4.69, 9.17) is 28.4 Å². The lowest BCUT2D eigenvalue weighted by molar-refractivity contribution is -0.332. The van der Waals surface area contributed by atoms with Crippen molar-refractivity contribution < 1.29 is 69.0 Å². The Labute approximate surface area is 384 Å². The van der Waals surface area contributed by atoms with Gasteiger partial charge in [0, 0.05) is 13.0 Å². The smallest absolute Gasteiger partial charge is 0.306 e. The maximum atomic E-state index is 13.0. The highest BCUT2D eigenvalue weighted by atomic mass is 16.7. The summed E-state index contributed by atoms with van der Waals surface area (Å²) in [5, 5.41) is 72.0. The summed E-state index contributed by atoms with van der Waals surface area (Å²) in [5.41, 5.74) is 0. The highest BCUT2D eigenvalue weighted by molar-refractivity contribution is 5.69. The van der Waals surface area contributed by atoms with Crippen LogP contribution in [0.3, 0.4) is 0 Å². The predicted octanol–water partition coefficient (Wildman–Crippen LogP) is 6.57. The predicted molar refractivity (Wildman–Crippen MR) is 247 cm³/mol. The number of ether oxygens (including phenoxy) is 6. The highest BCUT2D eigenvalue weighted by Crippen LogP contribution is 2.26. The van der Waals surface area contributed by atoms with Crippen molar-refractivity contribution in [2.45, 2.75) is 216 Å². The van der Waals surface area contributed by atoms with Crippen LogP contribution in [0.2, 0.25) is 0 Å². The molecule has 0 bridgehead atoms. The quantitative estimate of drug-likeness (QED) is 0.0200. The highest BCUT2D eigenvalue weighted by Gasteiger charge is 2.47. The molecule has 0 aromatic carbocycles. The van der Waals surface area contributed by atoms with Gasteiger partial charge in [-0.1, -0.05) is 132 Å². The Hall–Kier alpha value is -2.31. The standard InChI is InChI=1S/C50H86O14/c1-3-5-7-9-11-13-15-16-17-18-19-20-21-22-23-25-27-29-31-33-42(52)62-39(36-59-34-32-30-28-26-24-14-12-10-8-6-4-2)37-60-49-48(58)46(56)44(54)41(64-49)38-61-50-47(57)45(55)43(53)40(35-51)63-50/h5,7-8,10-11,13,16-17,19-20,39-41,43-51,53-58H,3-4,6,9,12,14-15,18,21-38H2,1-2H3/b7-5-,10-8-,13-11-,17-16-,20-19-. The molecule has 2 aliphatic heterocycles. The molecule has 0 aliphatic carbocycles. The van der Waals surface area contributed by atoms with Crippen molar-refractivity contribution >= 4 is 5.97 Å². The lowest BCUT2D eigenvalue weighted by atomic mass is 9.98. The van der Waals surface area contributed by atoms with E-state index < -0.39 is 86.7 Å². The Morgan fingerprint density at radius 3 is 1.61 bits per heavy atom. The van der Waals surface area contributed by atoms with E-state index in [1.807, 2.05) is 0 Å². The van der Waals surface area contributed by atoms with Crippen molar-refractivity contribution in [1.29, 1.82) is 0 Å². The van der Waals surface area contributed by atoms with Gasteiger partial charge in [0.25, 0.3) is 0 Å². The fourth-order valence-corrected chi connectivity index (χ4v) is 7.28. The molecular weight excluding hydrogens is 825 g/mol. The zero-order valence-corrected chi connectivity index (χ0v) is 39.0. The van der Waals surface area contributed by atoms with Crippen LogP contribution in [-0.4, -0.2) is 142 Å². The van der Waals surface area contributed by atoms with E-state index in [0.717, 1.165) is 96.3 Å². The van der Waals surface area contributed by atoms with Gasteiger partial charge in [0.15, 0.2) is 12.6 Å². The first-order valence-corrected chi connectivity index (χ1v) is 24.4. The average molecular weight is 911 g/mol. The molecule has 2 fully saturated rings. The van der Waals surface area contributed by atoms with E-state index in [1.165, 1.54) is 25.7 Å². The molecule has 2 rings (SSSR count). The fourth-order valence-electron chi connectivity index (χ4n) is 7.28. The van der Waals surface area contributed by atoms with Crippen LogP contribution in [0.4, 0.5) is 0 Å². The van der Waals surface area contributed by atoms with Gasteiger partial charge in [-0.25, -0.2) is 0 Å². The molecule has 0 aromatic rings. The Kier molecular flexibility index (Phi) is 34.1. The van der Waals surface area contributed by atoms with E-state index in [-0.39, 0.29) is 19.6 Å². The fraction of sp³-hybridized carbons (Fsp3) is 0.780. The number of hydrogen-bond donors (Lipinski definition) is 7. The van der Waals surface area contributed by atoms with Gasteiger partial charge in [-0.15, -0.1) is 0 Å². The first kappa shape index (κ1) is 57.8. The monoisotopic (exact) mass is 911 g/mol. The summed E-state index contributed by atoms with van der Waals surface area (Å²) >= 11 is 0. The SMILES string of the molecule is CC/C=C\C/C=C\C/C=C\C/C=C\CCCCCCCCC(=O)OC(COCCCCCCCC/C=C\CCC)COC1OC(COC2OC(CO)C(O)C(O)C2O)C(O)C(O)C1O. The third-order valence-electron chi connectivity index (χ3n) is 11.2. The van der Waals surface area contributed by atoms with Crippen molar-refractivity contribution in [1.82, 2.24) is 0 Å². The van der Waals surface area contributed by atoms with E-state index >= 15 is 0 Å². The topological polar surface area (TPSA) is 214 Å². The summed E-state index contributed by atoms with van der Waals surface area (Å²) in [7, 11) is 0. The largest absolute Gasteiger partial charge is 0.457 e. The summed E-state index contributed by atoms with van der Waals surface area (Å²) in [6.07, 6.45) is 27.1. The van der Waals surface area contributed by atoms with Crippen LogP contribution in [-0.2, 0) is 33.2 Å². The maximum Gasteiger partial charge on any atom is 0.306 e. The second-order valence-electron chi connectivity index (χ2n) is 16.9. The number of esters is 1. The van der Waals surface area contributed by atoms with Crippen LogP contribution in [0, 0.1) is 0 Å². The second-order valence-corrected chi connectivity index (χ2v) is 16.9. The van der Waals surface area contributed by atoms with E-state index in [9.17, 15) is 40.5 Å². The molecule has 11 unspecified atom stereocenters. The molecule has 0 radical (unpaired) electrons. The average Bonchev–Trinajstić information content (AvgIpc) is 3.29. The Balaban J connectivity index is 1.78. The number of carbonyl (C=O) groups excluding carboxylic acids is 1. The molecule has 2 saturated heterocycles. The second kappa shape index (κ2) is 37.7. The number of allylic oxidation sites excluding steroid dienone is 10. The van der Waals surface area contributed by atoms with Gasteiger partial charge >= 0.3 is 5.97 Å². The molecular formula is C50H86O14. The molecule has 2 aliphatic rings. The molecule has 370 valence electrons. The zero-order chi connectivity index (χ0) is 46.6. The molecule has 64 heavy (non-hydrogen) atoms. The number of carbonyl (C=O) groups is 1. The molecule has 0 saturated carbocycles. The van der Waals surface area contributed by atoms with Crippen molar-refractivity contribution in [3.05, 3.63) is 60.8 Å². The maximum absolute atomic E-state index is 13.0. The molecule has 2 heterocycles. The summed E-state index contributed by atoms with van der Waals surface area (Å²) in [4.78, 5) is 13.0. The third-order valence-corrected chi connectivity index (χ3v) is 11.2. The van der Waals surface area contributed by atoms with Crippen LogP contribution < -0.4 is 0 Å². The first-order chi connectivity index (χ1) is 31.1. The molecule has 0 aromatic heterocycles. The van der Waals surface area contributed by atoms with Crippen LogP contribution in [0.15, 0.2) is 60.8 Å². The normalized spacial score (nSPS) is 27.3. The lowest BCUT2D eigenvalue weighted by Crippen LogP contribution is -2.61. The van der Waals surface area contributed by atoms with E-state index in [1.54, 1.807) is 0 Å². The van der Waals surface area contributed by atoms with Gasteiger partial charge in [-0.2, -0.15) is 0 Å². The molecule has 14 heteroatoms. The summed E-state index contributed by atoms with van der Waals surface area (Å²) in [5.74, 6) is -0.396. The van der Waals surface area contributed by atoms with Gasteiger partial charge in [-0.3, -0.25) is 4.79 Å². The Bertz CT molecular complexity index is 1290. The number of hydrogen-bond acceptors (Lipinski definition) is 14. The van der Waals surface area contributed by atoms with Crippen molar-refractivity contribution in [3.63, 3.8) is 0 Å². The van der Waals surface area contributed by atoms with Crippen LogP contribution >= 0.6 is 0 Å². The van der Waals surface area contributed by atoms with E-state index in [2.05, 4.69) is 74.6 Å². The van der Waals surface area contributed by atoms with Crippen LogP contribution in [0.5, 0.6) is 0 Å². The van der Waals surface area contributed by atoms with Gasteiger partial charge in [-0.05, 0) is 70.6 Å². The minimum Gasteiger partial charge on any atom is -0.457 e. The summed E-state index contributed by atoms with van der Waals surface area (Å²) in [6.45, 7) is 3.46. The summed E-state index contributed by atoms with van der Waals surface area (Å²) in [6, 6.07) is 0. The van der Waals surface area contributed by atoms with Crippen LogP contribution in [0.25, 0.3) is 0 Å². The minimum absolute atomic E-state index is 0.0484. The van der Waals surface area contributed by atoms with Gasteiger partial charge in [0.05, 0.1) is 26.4 Å². The Morgan fingerprint density at radius 1 is 0.531 bits per heavy atom. The molecule has 0 amide bonds. The zero-order valence-electron chi connectivity index (χ0n) is 39.0. The van der Waals surface area contributed by atoms with Gasteiger partial charge < -0.3 is 64.2 Å². The van der Waals surface area contributed by atoms with Crippen LogP contribution in [0.1, 0.15) is 149 Å².